The van der Waals surface area contributed by atoms with Crippen LogP contribution >= 0.6 is 0 Å². The van der Waals surface area contributed by atoms with E-state index in [4.69, 9.17) is 0 Å². The number of rotatable bonds is 3. The zero-order valence-corrected chi connectivity index (χ0v) is 11.1. The molecule has 17 heavy (non-hydrogen) atoms. The Labute approximate surface area is 102 Å². The summed E-state index contributed by atoms with van der Waals surface area (Å²) in [7, 11) is 0. The fraction of sp³-hybridized carbons (Fsp3) is 0.429. The van der Waals surface area contributed by atoms with Crippen molar-refractivity contribution < 1.29 is 4.92 Å². The average Bonchev–Trinajstić information content (AvgIpc) is 2.20. The van der Waals surface area contributed by atoms with E-state index in [2.05, 4.69) is 6.07 Å². The van der Waals surface area contributed by atoms with Gasteiger partial charge in [0.1, 0.15) is 0 Å². The largest absolute Gasteiger partial charge is 0.259 e. The van der Waals surface area contributed by atoms with Crippen molar-refractivity contribution in [1.29, 1.82) is 0 Å². The van der Waals surface area contributed by atoms with E-state index in [1.165, 1.54) is 5.56 Å². The molecule has 1 aromatic carbocycles. The Morgan fingerprint density at radius 3 is 2.18 bits per heavy atom. The number of nitrogens with zero attached hydrogens (tertiary/aromatic N) is 1. The van der Waals surface area contributed by atoms with Crippen LogP contribution in [-0.2, 0) is 0 Å². The average molecular weight is 233 g/mol. The molecule has 0 bridgehead atoms. The molecular weight excluding hydrogens is 214 g/mol. The molecule has 0 saturated carbocycles. The maximum atomic E-state index is 10.9. The zero-order chi connectivity index (χ0) is 13.2. The predicted molar refractivity (Wildman–Crippen MR) is 70.5 cm³/mol. The number of aryl methyl sites for hydroxylation is 3. The second-order valence-electron chi connectivity index (χ2n) is 4.77. The van der Waals surface area contributed by atoms with Crippen LogP contribution in [0.3, 0.4) is 0 Å². The quantitative estimate of drug-likeness (QED) is 0.587. The molecule has 0 fully saturated rings. The van der Waals surface area contributed by atoms with Gasteiger partial charge >= 0.3 is 0 Å². The van der Waals surface area contributed by atoms with Crippen LogP contribution in [0.5, 0.6) is 0 Å². The first kappa shape index (κ1) is 13.4. The molecule has 0 amide bonds. The van der Waals surface area contributed by atoms with Gasteiger partial charge < -0.3 is 0 Å². The molecule has 0 atom stereocenters. The van der Waals surface area contributed by atoms with Crippen molar-refractivity contribution in [3.05, 3.63) is 50.2 Å². The lowest BCUT2D eigenvalue weighted by atomic mass is 9.98. The minimum Gasteiger partial charge on any atom is -0.259 e. The maximum absolute atomic E-state index is 10.9. The van der Waals surface area contributed by atoms with Gasteiger partial charge in [0.05, 0.1) is 4.92 Å². The molecule has 1 aromatic rings. The molecule has 0 aromatic heterocycles. The second kappa shape index (κ2) is 5.13. The molecule has 0 heterocycles. The van der Waals surface area contributed by atoms with E-state index in [1.807, 2.05) is 40.7 Å². The highest BCUT2D eigenvalue weighted by Crippen LogP contribution is 2.21. The normalized spacial score (nSPS) is 12.0. The number of hydrogen-bond donors (Lipinski definition) is 0. The molecule has 0 N–H and O–H groups in total. The first-order valence-corrected chi connectivity index (χ1v) is 5.76. The van der Waals surface area contributed by atoms with Crippen molar-refractivity contribution in [3.8, 4) is 0 Å². The van der Waals surface area contributed by atoms with Crippen molar-refractivity contribution in [2.75, 3.05) is 0 Å². The van der Waals surface area contributed by atoms with E-state index in [-0.39, 0.29) is 16.5 Å². The van der Waals surface area contributed by atoms with Crippen LogP contribution in [-0.4, -0.2) is 4.92 Å². The molecule has 0 radical (unpaired) electrons. The minimum absolute atomic E-state index is 0.0778. The molecular formula is C14H19NO2. The third-order valence-corrected chi connectivity index (χ3v) is 2.99. The summed E-state index contributed by atoms with van der Waals surface area (Å²) in [6, 6.07) is 4.08. The molecule has 0 aliphatic rings. The molecule has 3 heteroatoms. The summed E-state index contributed by atoms with van der Waals surface area (Å²) in [6.45, 7) is 9.73. The zero-order valence-electron chi connectivity index (χ0n) is 11.1. The van der Waals surface area contributed by atoms with Crippen LogP contribution < -0.4 is 0 Å². The minimum atomic E-state index is -0.292. The fourth-order valence-electron chi connectivity index (χ4n) is 1.73. The van der Waals surface area contributed by atoms with Crippen LogP contribution in [0.2, 0.25) is 0 Å². The second-order valence-corrected chi connectivity index (χ2v) is 4.77. The Morgan fingerprint density at radius 2 is 1.71 bits per heavy atom. The van der Waals surface area contributed by atoms with Gasteiger partial charge in [0, 0.05) is 12.0 Å². The maximum Gasteiger partial charge on any atom is 0.249 e. The lowest BCUT2D eigenvalue weighted by molar-refractivity contribution is -0.431. The third kappa shape index (κ3) is 3.16. The van der Waals surface area contributed by atoms with Gasteiger partial charge in [0.15, 0.2) is 0 Å². The number of benzene rings is 1. The molecule has 3 nitrogen and oxygen atoms in total. The van der Waals surface area contributed by atoms with Gasteiger partial charge in [-0.05, 0) is 43.0 Å². The topological polar surface area (TPSA) is 43.1 Å². The Morgan fingerprint density at radius 1 is 1.18 bits per heavy atom. The van der Waals surface area contributed by atoms with E-state index >= 15 is 0 Å². The monoisotopic (exact) mass is 233 g/mol. The summed E-state index contributed by atoms with van der Waals surface area (Å²) in [6.07, 6.45) is 1.69. The Hall–Kier alpha value is -1.64. The third-order valence-electron chi connectivity index (χ3n) is 2.99. The number of nitro groups is 1. The van der Waals surface area contributed by atoms with Crippen molar-refractivity contribution in [2.45, 2.75) is 34.6 Å². The summed E-state index contributed by atoms with van der Waals surface area (Å²) >= 11 is 0. The summed E-state index contributed by atoms with van der Waals surface area (Å²) in [5.74, 6) is -0.0778. The van der Waals surface area contributed by atoms with Crippen molar-refractivity contribution in [2.24, 2.45) is 5.92 Å². The highest BCUT2D eigenvalue weighted by Gasteiger charge is 2.16. The fourth-order valence-corrected chi connectivity index (χ4v) is 1.73. The van der Waals surface area contributed by atoms with Gasteiger partial charge in [-0.1, -0.05) is 26.0 Å². The van der Waals surface area contributed by atoms with Gasteiger partial charge in [-0.2, -0.15) is 0 Å². The lowest BCUT2D eigenvalue weighted by Gasteiger charge is -2.07. The first-order valence-electron chi connectivity index (χ1n) is 5.76. The van der Waals surface area contributed by atoms with Gasteiger partial charge in [-0.15, -0.1) is 0 Å². The summed E-state index contributed by atoms with van der Waals surface area (Å²) < 4.78 is 0. The number of hydrogen-bond acceptors (Lipinski definition) is 2. The molecule has 0 spiro atoms. The van der Waals surface area contributed by atoms with Crippen molar-refractivity contribution in [1.82, 2.24) is 0 Å². The van der Waals surface area contributed by atoms with Gasteiger partial charge in [-0.3, -0.25) is 10.1 Å². The van der Waals surface area contributed by atoms with E-state index in [0.29, 0.717) is 0 Å². The summed E-state index contributed by atoms with van der Waals surface area (Å²) in [5.41, 5.74) is 4.65. The van der Waals surface area contributed by atoms with Crippen LogP contribution in [0.4, 0.5) is 0 Å². The van der Waals surface area contributed by atoms with E-state index in [0.717, 1.165) is 16.7 Å². The standard InChI is InChI=1S/C14H19NO2/c1-9(2)14(15(16)17)8-13-7-11(4)10(3)6-12(13)5/h6-9H,1-5H3/b14-8-. The van der Waals surface area contributed by atoms with Crippen LogP contribution in [0, 0.1) is 36.8 Å². The molecule has 0 aliphatic carbocycles. The van der Waals surface area contributed by atoms with Crippen LogP contribution in [0.1, 0.15) is 36.1 Å². The molecule has 0 aliphatic heterocycles. The Balaban J connectivity index is 3.29. The summed E-state index contributed by atoms with van der Waals surface area (Å²) in [4.78, 5) is 10.7. The van der Waals surface area contributed by atoms with Crippen LogP contribution in [0.15, 0.2) is 17.8 Å². The molecule has 1 rings (SSSR count). The van der Waals surface area contributed by atoms with Gasteiger partial charge in [-0.25, -0.2) is 0 Å². The van der Waals surface area contributed by atoms with E-state index in [9.17, 15) is 10.1 Å². The van der Waals surface area contributed by atoms with Gasteiger partial charge in [0.25, 0.3) is 0 Å². The predicted octanol–water partition coefficient (Wildman–Crippen LogP) is 3.89. The SMILES string of the molecule is Cc1cc(C)c(/C=C(/C(C)C)[N+](=O)[O-])cc1C. The van der Waals surface area contributed by atoms with Crippen molar-refractivity contribution >= 4 is 6.08 Å². The van der Waals surface area contributed by atoms with E-state index in [1.54, 1.807) is 6.08 Å². The molecule has 0 saturated heterocycles. The van der Waals surface area contributed by atoms with Crippen LogP contribution in [0.25, 0.3) is 6.08 Å². The molecule has 92 valence electrons. The van der Waals surface area contributed by atoms with E-state index < -0.39 is 0 Å². The first-order chi connectivity index (χ1) is 7.82. The van der Waals surface area contributed by atoms with Gasteiger partial charge in [0.2, 0.25) is 5.70 Å². The highest BCUT2D eigenvalue weighted by atomic mass is 16.6. The highest BCUT2D eigenvalue weighted by molar-refractivity contribution is 5.57. The molecule has 0 unspecified atom stereocenters. The number of allylic oxidation sites excluding steroid dienone is 1. The summed E-state index contributed by atoms with van der Waals surface area (Å²) in [5, 5.41) is 10.9. The smallest absolute Gasteiger partial charge is 0.249 e. The Bertz CT molecular complexity index is 473. The Kier molecular flexibility index (Phi) is 4.05. The lowest BCUT2D eigenvalue weighted by Crippen LogP contribution is -2.05. The van der Waals surface area contributed by atoms with Crippen molar-refractivity contribution in [3.63, 3.8) is 0 Å².